The molecule has 8 nitrogen and oxygen atoms in total. The third-order valence-corrected chi connectivity index (χ3v) is 9.69. The van der Waals surface area contributed by atoms with Gasteiger partial charge in [-0.2, -0.15) is 13.2 Å². The maximum absolute atomic E-state index is 14.4. The van der Waals surface area contributed by atoms with Crippen LogP contribution in [0, 0.1) is 5.92 Å². The topological polar surface area (TPSA) is 87.4 Å². The molecule has 5 rings (SSSR count). The number of aryl methyl sites for hydroxylation is 1. The Kier molecular flexibility index (Phi) is 9.41. The van der Waals surface area contributed by atoms with E-state index < -0.39 is 23.1 Å². The second kappa shape index (κ2) is 12.7. The number of nitrogens with zero attached hydrogens (tertiary/aromatic N) is 6. The van der Waals surface area contributed by atoms with Crippen LogP contribution < -0.4 is 4.90 Å². The minimum atomic E-state index is -4.62. The van der Waals surface area contributed by atoms with Gasteiger partial charge >= 0.3 is 6.18 Å². The normalized spacial score (nSPS) is 19.1. The number of aliphatic hydroxyl groups is 1. The SMILES string of the molecule is CCSc1cc(C(CO)(CCl)Cc2nncn2C)cc(N2Cc3c(cc(CN4CCC[C@H](C)C4)cc3C(F)(F)F)C2=O)n1. The number of piperidine rings is 1. The van der Waals surface area contributed by atoms with E-state index in [-0.39, 0.29) is 42.4 Å². The zero-order chi connectivity index (χ0) is 30.9. The molecule has 2 aliphatic rings. The van der Waals surface area contributed by atoms with Crippen molar-refractivity contribution >= 4 is 35.1 Å². The van der Waals surface area contributed by atoms with E-state index in [2.05, 4.69) is 27.0 Å². The van der Waals surface area contributed by atoms with E-state index in [1.165, 1.54) is 22.7 Å². The summed E-state index contributed by atoms with van der Waals surface area (Å²) in [5, 5.41) is 19.3. The van der Waals surface area contributed by atoms with Gasteiger partial charge in [0.25, 0.3) is 5.91 Å². The fraction of sp³-hybridized carbons (Fsp3) is 0.533. The van der Waals surface area contributed by atoms with E-state index in [0.29, 0.717) is 40.2 Å². The van der Waals surface area contributed by atoms with Crippen LogP contribution in [0.25, 0.3) is 0 Å². The largest absolute Gasteiger partial charge is 0.416 e. The van der Waals surface area contributed by atoms with Crippen molar-refractivity contribution in [3.63, 3.8) is 0 Å². The van der Waals surface area contributed by atoms with Gasteiger partial charge in [0, 0.05) is 43.4 Å². The van der Waals surface area contributed by atoms with Crippen LogP contribution in [0.3, 0.4) is 0 Å². The second-order valence-electron chi connectivity index (χ2n) is 11.6. The quantitative estimate of drug-likeness (QED) is 0.234. The number of hydrogen-bond donors (Lipinski definition) is 1. The minimum Gasteiger partial charge on any atom is -0.395 e. The molecule has 2 aliphatic heterocycles. The first kappa shape index (κ1) is 31.7. The number of aliphatic hydroxyl groups excluding tert-OH is 1. The lowest BCUT2D eigenvalue weighted by molar-refractivity contribution is -0.138. The van der Waals surface area contributed by atoms with Crippen molar-refractivity contribution in [2.24, 2.45) is 13.0 Å². The molecule has 0 spiro atoms. The number of anilines is 1. The Morgan fingerprint density at radius 1 is 1.21 bits per heavy atom. The third kappa shape index (κ3) is 6.57. The lowest BCUT2D eigenvalue weighted by Crippen LogP contribution is -2.37. The number of amides is 1. The van der Waals surface area contributed by atoms with E-state index in [9.17, 15) is 23.1 Å². The number of rotatable bonds is 10. The van der Waals surface area contributed by atoms with Crippen LogP contribution >= 0.6 is 23.4 Å². The molecule has 1 aromatic carbocycles. The Balaban J connectivity index is 1.54. The average molecular weight is 637 g/mol. The van der Waals surface area contributed by atoms with Gasteiger partial charge in [0.05, 0.1) is 23.7 Å². The van der Waals surface area contributed by atoms with Gasteiger partial charge in [-0.3, -0.25) is 14.6 Å². The Hall–Kier alpha value is -2.67. The Morgan fingerprint density at radius 2 is 2.00 bits per heavy atom. The number of hydrogen-bond acceptors (Lipinski definition) is 7. The summed E-state index contributed by atoms with van der Waals surface area (Å²) in [4.78, 5) is 22.0. The summed E-state index contributed by atoms with van der Waals surface area (Å²) < 4.78 is 44.9. The first-order valence-corrected chi connectivity index (χ1v) is 15.9. The highest BCUT2D eigenvalue weighted by atomic mass is 35.5. The Bertz CT molecular complexity index is 1480. The lowest BCUT2D eigenvalue weighted by atomic mass is 9.80. The number of halogens is 4. The van der Waals surface area contributed by atoms with Crippen molar-refractivity contribution in [3.8, 4) is 0 Å². The molecule has 232 valence electrons. The zero-order valence-electron chi connectivity index (χ0n) is 24.5. The van der Waals surface area contributed by atoms with E-state index in [1.807, 2.05) is 13.0 Å². The molecule has 3 aromatic rings. The van der Waals surface area contributed by atoms with Gasteiger partial charge in [0.1, 0.15) is 18.0 Å². The summed E-state index contributed by atoms with van der Waals surface area (Å²) in [6, 6.07) is 6.28. The number of likely N-dealkylation sites (tertiary alicyclic amines) is 1. The zero-order valence-corrected chi connectivity index (χ0v) is 26.1. The van der Waals surface area contributed by atoms with Gasteiger partial charge in [-0.1, -0.05) is 13.8 Å². The summed E-state index contributed by atoms with van der Waals surface area (Å²) >= 11 is 7.93. The van der Waals surface area contributed by atoms with Crippen molar-refractivity contribution < 1.29 is 23.1 Å². The van der Waals surface area contributed by atoms with Crippen molar-refractivity contribution in [1.29, 1.82) is 0 Å². The summed E-state index contributed by atoms with van der Waals surface area (Å²) in [6.07, 6.45) is -0.703. The van der Waals surface area contributed by atoms with Crippen LogP contribution in [0.15, 0.2) is 35.6 Å². The maximum atomic E-state index is 14.4. The number of alkyl halides is 4. The molecule has 0 saturated carbocycles. The molecular weight excluding hydrogens is 601 g/mol. The van der Waals surface area contributed by atoms with Gasteiger partial charge < -0.3 is 9.67 Å². The summed E-state index contributed by atoms with van der Waals surface area (Å²) in [5.41, 5.74) is -0.674. The Morgan fingerprint density at radius 3 is 2.63 bits per heavy atom. The summed E-state index contributed by atoms with van der Waals surface area (Å²) in [7, 11) is 1.79. The van der Waals surface area contributed by atoms with Gasteiger partial charge in [0.15, 0.2) is 0 Å². The van der Waals surface area contributed by atoms with Gasteiger partial charge in [-0.15, -0.1) is 33.6 Å². The fourth-order valence-corrected chi connectivity index (χ4v) is 7.03. The molecule has 1 unspecified atom stereocenters. The summed E-state index contributed by atoms with van der Waals surface area (Å²) in [5.74, 6) is 1.48. The molecule has 13 heteroatoms. The molecule has 0 aliphatic carbocycles. The lowest BCUT2D eigenvalue weighted by Gasteiger charge is -2.31. The minimum absolute atomic E-state index is 0.0287. The van der Waals surface area contributed by atoms with Gasteiger partial charge in [0.2, 0.25) is 0 Å². The van der Waals surface area contributed by atoms with Crippen LogP contribution in [0.4, 0.5) is 19.0 Å². The summed E-state index contributed by atoms with van der Waals surface area (Å²) in [6.45, 7) is 5.51. The van der Waals surface area contributed by atoms with Crippen molar-refractivity contribution in [2.75, 3.05) is 36.2 Å². The molecule has 2 aromatic heterocycles. The standard InChI is InChI=1S/C30H36ClF3N6O2S/c1-4-43-27-11-21(29(16-31,17-41)12-26-37-35-18-38(26)3)10-25(36-27)40-15-23-22(28(40)42)8-20(9-24(23)30(32,33)34)14-39-7-5-6-19(2)13-39/h8-11,18-19,41H,4-7,12-17H2,1-3H3/t19-,29?/m0/s1. The monoisotopic (exact) mass is 636 g/mol. The number of fused-ring (bicyclic) bond motifs is 1. The van der Waals surface area contributed by atoms with Crippen molar-refractivity contribution in [3.05, 3.63) is 64.2 Å². The number of thioether (sulfide) groups is 1. The molecule has 1 fully saturated rings. The Labute approximate surface area is 258 Å². The predicted molar refractivity (Wildman–Crippen MR) is 160 cm³/mol. The molecule has 0 radical (unpaired) electrons. The number of carbonyl (C=O) groups is 1. The maximum Gasteiger partial charge on any atom is 0.416 e. The van der Waals surface area contributed by atoms with E-state index in [0.717, 1.165) is 25.9 Å². The first-order chi connectivity index (χ1) is 20.5. The number of pyridine rings is 1. The number of benzene rings is 1. The van der Waals surface area contributed by atoms with Gasteiger partial charge in [-0.25, -0.2) is 4.98 Å². The molecule has 43 heavy (non-hydrogen) atoms. The van der Waals surface area contributed by atoms with Crippen LogP contribution in [0.2, 0.25) is 0 Å². The molecule has 1 amide bonds. The molecule has 1 saturated heterocycles. The molecule has 0 bridgehead atoms. The van der Waals surface area contributed by atoms with Crippen LogP contribution in [0.5, 0.6) is 0 Å². The number of carbonyl (C=O) groups excluding carboxylic acids is 1. The highest BCUT2D eigenvalue weighted by Crippen LogP contribution is 2.41. The van der Waals surface area contributed by atoms with E-state index in [1.54, 1.807) is 30.1 Å². The molecule has 2 atom stereocenters. The van der Waals surface area contributed by atoms with Crippen molar-refractivity contribution in [2.45, 2.75) is 62.8 Å². The van der Waals surface area contributed by atoms with E-state index >= 15 is 0 Å². The van der Waals surface area contributed by atoms with Gasteiger partial charge in [-0.05, 0) is 72.0 Å². The number of aromatic nitrogens is 4. The second-order valence-corrected chi connectivity index (χ2v) is 13.2. The van der Waals surface area contributed by atoms with Crippen LogP contribution in [-0.4, -0.2) is 67.0 Å². The van der Waals surface area contributed by atoms with Crippen molar-refractivity contribution in [1.82, 2.24) is 24.6 Å². The molecular formula is C30H36ClF3N6O2S. The van der Waals surface area contributed by atoms with E-state index in [4.69, 9.17) is 11.6 Å². The first-order valence-electron chi connectivity index (χ1n) is 14.4. The average Bonchev–Trinajstić information content (AvgIpc) is 3.52. The van der Waals surface area contributed by atoms with Crippen LogP contribution in [0.1, 0.15) is 65.1 Å². The third-order valence-electron chi connectivity index (χ3n) is 8.38. The highest BCUT2D eigenvalue weighted by Gasteiger charge is 2.42. The fourth-order valence-electron chi connectivity index (χ4n) is 6.03. The highest BCUT2D eigenvalue weighted by molar-refractivity contribution is 7.99. The van der Waals surface area contributed by atoms with Crippen LogP contribution in [-0.2, 0) is 38.1 Å². The molecule has 4 heterocycles. The smallest absolute Gasteiger partial charge is 0.395 e. The predicted octanol–water partition coefficient (Wildman–Crippen LogP) is 5.44. The molecule has 1 N–H and O–H groups in total.